The number of rotatable bonds is 2. The van der Waals surface area contributed by atoms with Crippen molar-refractivity contribution in [3.8, 4) is 6.07 Å². The normalized spacial score (nSPS) is 9.65. The van der Waals surface area contributed by atoms with Crippen LogP contribution in [0.3, 0.4) is 0 Å². The van der Waals surface area contributed by atoms with E-state index in [1.54, 1.807) is 36.5 Å². The number of anilines is 3. The number of nitrogens with one attached hydrogen (secondary N) is 1. The molecule has 84 valence electrons. The lowest BCUT2D eigenvalue weighted by atomic mass is 10.2. The number of hydrogen-bond acceptors (Lipinski definition) is 4. The molecule has 0 saturated carbocycles. The van der Waals surface area contributed by atoms with Crippen molar-refractivity contribution < 1.29 is 0 Å². The molecule has 2 aromatic rings. The minimum atomic E-state index is 0.419. The molecule has 2 rings (SSSR count). The van der Waals surface area contributed by atoms with Gasteiger partial charge in [-0.05, 0) is 24.3 Å². The zero-order valence-corrected chi connectivity index (χ0v) is 9.57. The number of halogens is 1. The summed E-state index contributed by atoms with van der Waals surface area (Å²) in [7, 11) is 0. The summed E-state index contributed by atoms with van der Waals surface area (Å²) in [5, 5.41) is 12.4. The van der Waals surface area contributed by atoms with Crippen LogP contribution in [0.2, 0.25) is 5.02 Å². The minimum Gasteiger partial charge on any atom is -0.384 e. The third kappa shape index (κ3) is 2.65. The van der Waals surface area contributed by atoms with Crippen molar-refractivity contribution in [2.75, 3.05) is 11.1 Å². The van der Waals surface area contributed by atoms with Gasteiger partial charge in [0.15, 0.2) is 0 Å². The van der Waals surface area contributed by atoms with Gasteiger partial charge in [0.2, 0.25) is 0 Å². The molecule has 0 unspecified atom stereocenters. The van der Waals surface area contributed by atoms with Gasteiger partial charge < -0.3 is 11.1 Å². The Morgan fingerprint density at radius 3 is 2.82 bits per heavy atom. The number of nitrogens with zero attached hydrogens (tertiary/aromatic N) is 2. The fourth-order valence-electron chi connectivity index (χ4n) is 1.37. The van der Waals surface area contributed by atoms with E-state index in [2.05, 4.69) is 16.4 Å². The summed E-state index contributed by atoms with van der Waals surface area (Å²) in [6, 6.07) is 10.5. The Labute approximate surface area is 104 Å². The lowest BCUT2D eigenvalue weighted by Gasteiger charge is -2.08. The summed E-state index contributed by atoms with van der Waals surface area (Å²) in [6.07, 6.45) is 1.60. The van der Waals surface area contributed by atoms with Gasteiger partial charge in [-0.2, -0.15) is 5.26 Å². The van der Waals surface area contributed by atoms with Gasteiger partial charge in [0.05, 0.1) is 22.3 Å². The van der Waals surface area contributed by atoms with Crippen molar-refractivity contribution in [1.29, 1.82) is 5.26 Å². The fraction of sp³-hybridized carbons (Fsp3) is 0. The molecule has 0 bridgehead atoms. The van der Waals surface area contributed by atoms with Crippen LogP contribution in [0.5, 0.6) is 0 Å². The first-order valence-corrected chi connectivity index (χ1v) is 5.25. The molecule has 0 aliphatic carbocycles. The zero-order chi connectivity index (χ0) is 12.3. The number of hydrogen-bond donors (Lipinski definition) is 2. The molecule has 0 radical (unpaired) electrons. The first-order chi connectivity index (χ1) is 8.19. The van der Waals surface area contributed by atoms with Crippen molar-refractivity contribution in [3.63, 3.8) is 0 Å². The molecular formula is C12H9ClN4. The third-order valence-corrected chi connectivity index (χ3v) is 2.49. The Morgan fingerprint density at radius 1 is 1.29 bits per heavy atom. The molecule has 0 aliphatic rings. The molecule has 3 N–H and O–H groups in total. The van der Waals surface area contributed by atoms with Crippen molar-refractivity contribution >= 4 is 28.8 Å². The van der Waals surface area contributed by atoms with E-state index in [0.29, 0.717) is 22.1 Å². The minimum absolute atomic E-state index is 0.419. The van der Waals surface area contributed by atoms with Crippen LogP contribution in [0.1, 0.15) is 5.56 Å². The van der Waals surface area contributed by atoms with Crippen LogP contribution in [-0.2, 0) is 0 Å². The highest BCUT2D eigenvalue weighted by Crippen LogP contribution is 2.26. The highest BCUT2D eigenvalue weighted by molar-refractivity contribution is 6.33. The summed E-state index contributed by atoms with van der Waals surface area (Å²) in [5.41, 5.74) is 7.55. The number of nitrogens with two attached hydrogens (primary N) is 1. The average molecular weight is 245 g/mol. The molecular weight excluding hydrogens is 236 g/mol. The molecule has 4 nitrogen and oxygen atoms in total. The van der Waals surface area contributed by atoms with Crippen LogP contribution in [-0.4, -0.2) is 4.98 Å². The standard InChI is InChI=1S/C12H9ClN4/c13-10-2-1-8(7-14)5-11(10)17-9-3-4-16-12(15)6-9/h1-6H,(H3,15,16,17). The van der Waals surface area contributed by atoms with Gasteiger partial charge in [0, 0.05) is 18.0 Å². The van der Waals surface area contributed by atoms with Crippen molar-refractivity contribution in [3.05, 3.63) is 47.1 Å². The Kier molecular flexibility index (Phi) is 3.12. The molecule has 0 spiro atoms. The van der Waals surface area contributed by atoms with Crippen LogP contribution in [0.25, 0.3) is 0 Å². The van der Waals surface area contributed by atoms with E-state index in [1.807, 2.05) is 0 Å². The van der Waals surface area contributed by atoms with Crippen LogP contribution in [0.4, 0.5) is 17.2 Å². The second-order valence-electron chi connectivity index (χ2n) is 3.40. The van der Waals surface area contributed by atoms with Gasteiger partial charge in [-0.25, -0.2) is 4.98 Å². The summed E-state index contributed by atoms with van der Waals surface area (Å²) in [4.78, 5) is 3.89. The van der Waals surface area contributed by atoms with Crippen molar-refractivity contribution in [2.45, 2.75) is 0 Å². The quantitative estimate of drug-likeness (QED) is 0.852. The van der Waals surface area contributed by atoms with E-state index < -0.39 is 0 Å². The van der Waals surface area contributed by atoms with Crippen LogP contribution < -0.4 is 11.1 Å². The van der Waals surface area contributed by atoms with Gasteiger partial charge in [-0.3, -0.25) is 0 Å². The molecule has 0 saturated heterocycles. The van der Waals surface area contributed by atoms with E-state index in [0.717, 1.165) is 5.69 Å². The van der Waals surface area contributed by atoms with E-state index in [-0.39, 0.29) is 0 Å². The highest BCUT2D eigenvalue weighted by Gasteiger charge is 2.02. The Balaban J connectivity index is 2.33. The first kappa shape index (κ1) is 11.2. The highest BCUT2D eigenvalue weighted by atomic mass is 35.5. The maximum absolute atomic E-state index is 8.81. The molecule has 0 atom stereocenters. The number of pyridine rings is 1. The van der Waals surface area contributed by atoms with Crippen LogP contribution in [0, 0.1) is 11.3 Å². The van der Waals surface area contributed by atoms with Gasteiger partial charge >= 0.3 is 0 Å². The molecule has 0 fully saturated rings. The summed E-state index contributed by atoms with van der Waals surface area (Å²) < 4.78 is 0. The fourth-order valence-corrected chi connectivity index (χ4v) is 1.54. The molecule has 1 aromatic carbocycles. The van der Waals surface area contributed by atoms with Gasteiger partial charge in [0.1, 0.15) is 5.82 Å². The van der Waals surface area contributed by atoms with Gasteiger partial charge in [0.25, 0.3) is 0 Å². The summed E-state index contributed by atoms with van der Waals surface area (Å²) in [5.74, 6) is 0.419. The second-order valence-corrected chi connectivity index (χ2v) is 3.81. The Hall–Kier alpha value is -2.25. The van der Waals surface area contributed by atoms with Gasteiger partial charge in [-0.15, -0.1) is 0 Å². The summed E-state index contributed by atoms with van der Waals surface area (Å²) in [6.45, 7) is 0. The molecule has 0 amide bonds. The van der Waals surface area contributed by atoms with E-state index in [4.69, 9.17) is 22.6 Å². The number of nitriles is 1. The Morgan fingerprint density at radius 2 is 2.12 bits per heavy atom. The number of benzene rings is 1. The maximum atomic E-state index is 8.81. The maximum Gasteiger partial charge on any atom is 0.125 e. The third-order valence-electron chi connectivity index (χ3n) is 2.16. The monoisotopic (exact) mass is 244 g/mol. The molecule has 0 aliphatic heterocycles. The number of aromatic nitrogens is 1. The first-order valence-electron chi connectivity index (χ1n) is 4.87. The SMILES string of the molecule is N#Cc1ccc(Cl)c(Nc2ccnc(N)c2)c1. The van der Waals surface area contributed by atoms with Gasteiger partial charge in [-0.1, -0.05) is 11.6 Å². The molecule has 1 heterocycles. The van der Waals surface area contributed by atoms with Crippen LogP contribution in [0.15, 0.2) is 36.5 Å². The van der Waals surface area contributed by atoms with Crippen LogP contribution >= 0.6 is 11.6 Å². The smallest absolute Gasteiger partial charge is 0.125 e. The topological polar surface area (TPSA) is 74.7 Å². The van der Waals surface area contributed by atoms with E-state index in [1.165, 1.54) is 0 Å². The lowest BCUT2D eigenvalue weighted by Crippen LogP contribution is -1.95. The lowest BCUT2D eigenvalue weighted by molar-refractivity contribution is 1.33. The van der Waals surface area contributed by atoms with E-state index in [9.17, 15) is 0 Å². The second kappa shape index (κ2) is 4.73. The van der Waals surface area contributed by atoms with E-state index >= 15 is 0 Å². The summed E-state index contributed by atoms with van der Waals surface area (Å²) >= 11 is 6.02. The van der Waals surface area contributed by atoms with Crippen molar-refractivity contribution in [1.82, 2.24) is 4.98 Å². The zero-order valence-electron chi connectivity index (χ0n) is 8.81. The predicted molar refractivity (Wildman–Crippen MR) is 68.1 cm³/mol. The average Bonchev–Trinajstić information content (AvgIpc) is 2.32. The van der Waals surface area contributed by atoms with Crippen molar-refractivity contribution in [2.24, 2.45) is 0 Å². The molecule has 5 heteroatoms. The molecule has 1 aromatic heterocycles. The predicted octanol–water partition coefficient (Wildman–Crippen LogP) is 2.93. The largest absolute Gasteiger partial charge is 0.384 e. The Bertz CT molecular complexity index is 589. The molecule has 17 heavy (non-hydrogen) atoms. The number of nitrogen functional groups attached to an aromatic ring is 1.